The van der Waals surface area contributed by atoms with Crippen LogP contribution in [-0.4, -0.2) is 30.4 Å². The largest absolute Gasteiger partial charge is 0.497 e. The van der Waals surface area contributed by atoms with E-state index in [2.05, 4.69) is 20.5 Å². The SMILES string of the molecule is COc1ccc(/C=N\Nc2nc(-c3ccccc3Cl)nc3ccccc23)c(OC)c1. The van der Waals surface area contributed by atoms with Crippen LogP contribution in [-0.2, 0) is 0 Å². The zero-order valence-corrected chi connectivity index (χ0v) is 17.2. The van der Waals surface area contributed by atoms with Gasteiger partial charge >= 0.3 is 0 Å². The van der Waals surface area contributed by atoms with Crippen molar-refractivity contribution in [3.8, 4) is 22.9 Å². The summed E-state index contributed by atoms with van der Waals surface area (Å²) in [5.74, 6) is 2.48. The van der Waals surface area contributed by atoms with Gasteiger partial charge in [0.1, 0.15) is 11.5 Å². The molecule has 4 aromatic rings. The molecular formula is C23H19ClN4O2. The number of hydrazone groups is 1. The summed E-state index contributed by atoms with van der Waals surface area (Å²) in [6, 6.07) is 20.7. The molecule has 30 heavy (non-hydrogen) atoms. The van der Waals surface area contributed by atoms with E-state index in [9.17, 15) is 0 Å². The first-order valence-electron chi connectivity index (χ1n) is 9.22. The van der Waals surface area contributed by atoms with Gasteiger partial charge in [-0.25, -0.2) is 9.97 Å². The number of para-hydroxylation sites is 1. The topological polar surface area (TPSA) is 68.6 Å². The van der Waals surface area contributed by atoms with Gasteiger partial charge in [0.15, 0.2) is 11.6 Å². The zero-order chi connectivity index (χ0) is 20.9. The van der Waals surface area contributed by atoms with Crippen molar-refractivity contribution in [1.29, 1.82) is 0 Å². The van der Waals surface area contributed by atoms with Gasteiger partial charge in [0.2, 0.25) is 0 Å². The fourth-order valence-electron chi connectivity index (χ4n) is 3.01. The Morgan fingerprint density at radius 1 is 0.933 bits per heavy atom. The zero-order valence-electron chi connectivity index (χ0n) is 16.5. The van der Waals surface area contributed by atoms with Crippen LogP contribution < -0.4 is 14.9 Å². The molecule has 3 aromatic carbocycles. The van der Waals surface area contributed by atoms with Gasteiger partial charge in [-0.15, -0.1) is 0 Å². The lowest BCUT2D eigenvalue weighted by Crippen LogP contribution is -2.00. The molecule has 0 saturated carbocycles. The van der Waals surface area contributed by atoms with Crippen LogP contribution in [0.25, 0.3) is 22.3 Å². The molecule has 0 unspecified atom stereocenters. The van der Waals surface area contributed by atoms with Crippen molar-refractivity contribution in [2.24, 2.45) is 5.10 Å². The van der Waals surface area contributed by atoms with Gasteiger partial charge in [0.25, 0.3) is 0 Å². The van der Waals surface area contributed by atoms with Gasteiger partial charge in [0, 0.05) is 22.6 Å². The van der Waals surface area contributed by atoms with Crippen molar-refractivity contribution >= 4 is 34.5 Å². The average Bonchev–Trinajstić information content (AvgIpc) is 2.79. The van der Waals surface area contributed by atoms with Crippen molar-refractivity contribution in [2.75, 3.05) is 19.6 Å². The molecular weight excluding hydrogens is 400 g/mol. The van der Waals surface area contributed by atoms with E-state index in [4.69, 9.17) is 21.1 Å². The van der Waals surface area contributed by atoms with E-state index < -0.39 is 0 Å². The van der Waals surface area contributed by atoms with Crippen molar-refractivity contribution in [1.82, 2.24) is 9.97 Å². The van der Waals surface area contributed by atoms with E-state index in [-0.39, 0.29) is 0 Å². The molecule has 7 heteroatoms. The smallest absolute Gasteiger partial charge is 0.163 e. The van der Waals surface area contributed by atoms with E-state index in [1.165, 1.54) is 0 Å². The number of hydrogen-bond acceptors (Lipinski definition) is 6. The molecule has 0 fully saturated rings. The number of anilines is 1. The quantitative estimate of drug-likeness (QED) is 0.335. The molecule has 4 rings (SSSR count). The summed E-state index contributed by atoms with van der Waals surface area (Å²) in [6.07, 6.45) is 1.67. The van der Waals surface area contributed by atoms with E-state index >= 15 is 0 Å². The summed E-state index contributed by atoms with van der Waals surface area (Å²) >= 11 is 6.35. The predicted molar refractivity (Wildman–Crippen MR) is 121 cm³/mol. The maximum atomic E-state index is 6.35. The van der Waals surface area contributed by atoms with Crippen molar-refractivity contribution in [3.05, 3.63) is 77.3 Å². The number of nitrogens with one attached hydrogen (secondary N) is 1. The number of methoxy groups -OCH3 is 2. The number of fused-ring (bicyclic) bond motifs is 1. The molecule has 0 aliphatic heterocycles. The van der Waals surface area contributed by atoms with Crippen LogP contribution in [0.3, 0.4) is 0 Å². The number of ether oxygens (including phenoxy) is 2. The highest BCUT2D eigenvalue weighted by Crippen LogP contribution is 2.29. The van der Waals surface area contributed by atoms with E-state index in [1.54, 1.807) is 26.5 Å². The second-order valence-corrected chi connectivity index (χ2v) is 6.78. The Bertz CT molecular complexity index is 1230. The number of benzene rings is 3. The highest BCUT2D eigenvalue weighted by Gasteiger charge is 2.11. The summed E-state index contributed by atoms with van der Waals surface area (Å²) in [4.78, 5) is 9.32. The minimum absolute atomic E-state index is 0.527. The molecule has 0 atom stereocenters. The molecule has 150 valence electrons. The van der Waals surface area contributed by atoms with Crippen molar-refractivity contribution < 1.29 is 9.47 Å². The Morgan fingerprint density at radius 2 is 1.73 bits per heavy atom. The van der Waals surface area contributed by atoms with Crippen molar-refractivity contribution in [2.45, 2.75) is 0 Å². The van der Waals surface area contributed by atoms with E-state index in [0.717, 1.165) is 22.0 Å². The van der Waals surface area contributed by atoms with E-state index in [1.807, 2.05) is 60.7 Å². The van der Waals surface area contributed by atoms with Gasteiger partial charge in [-0.2, -0.15) is 5.10 Å². The normalized spacial score (nSPS) is 11.0. The Kier molecular flexibility index (Phi) is 5.77. The Labute approximate surface area is 179 Å². The molecule has 0 saturated heterocycles. The Hall–Kier alpha value is -3.64. The summed E-state index contributed by atoms with van der Waals surface area (Å²) in [5, 5.41) is 5.81. The van der Waals surface area contributed by atoms with Gasteiger partial charge in [-0.3, -0.25) is 5.43 Å². The second-order valence-electron chi connectivity index (χ2n) is 6.37. The third kappa shape index (κ3) is 4.04. The second kappa shape index (κ2) is 8.80. The Morgan fingerprint density at radius 3 is 2.53 bits per heavy atom. The van der Waals surface area contributed by atoms with Crippen LogP contribution in [0.15, 0.2) is 71.8 Å². The lowest BCUT2D eigenvalue weighted by molar-refractivity contribution is 0.394. The molecule has 1 aromatic heterocycles. The Balaban J connectivity index is 1.70. The fourth-order valence-corrected chi connectivity index (χ4v) is 3.23. The summed E-state index contributed by atoms with van der Waals surface area (Å²) < 4.78 is 10.6. The minimum atomic E-state index is 0.527. The van der Waals surface area contributed by atoms with Crippen LogP contribution in [0.1, 0.15) is 5.56 Å². The third-order valence-corrected chi connectivity index (χ3v) is 4.86. The molecule has 0 bridgehead atoms. The van der Waals surface area contributed by atoms with Gasteiger partial charge in [-0.1, -0.05) is 35.9 Å². The molecule has 0 radical (unpaired) electrons. The predicted octanol–water partition coefficient (Wildman–Crippen LogP) is 5.41. The number of aromatic nitrogens is 2. The molecule has 6 nitrogen and oxygen atoms in total. The van der Waals surface area contributed by atoms with Crippen molar-refractivity contribution in [3.63, 3.8) is 0 Å². The minimum Gasteiger partial charge on any atom is -0.497 e. The number of rotatable bonds is 6. The number of nitrogens with zero attached hydrogens (tertiary/aromatic N) is 3. The van der Waals surface area contributed by atoms with Gasteiger partial charge in [0.05, 0.1) is 31.0 Å². The number of hydrogen-bond donors (Lipinski definition) is 1. The molecule has 0 spiro atoms. The van der Waals surface area contributed by atoms with Gasteiger partial charge in [-0.05, 0) is 36.4 Å². The van der Waals surface area contributed by atoms with Gasteiger partial charge < -0.3 is 9.47 Å². The molecule has 1 N–H and O–H groups in total. The maximum absolute atomic E-state index is 6.35. The highest BCUT2D eigenvalue weighted by atomic mass is 35.5. The standard InChI is InChI=1S/C23H19ClN4O2/c1-29-16-12-11-15(21(13-16)30-2)14-25-28-23-18-8-4-6-10-20(18)26-22(27-23)17-7-3-5-9-19(17)24/h3-14H,1-2H3,(H,26,27,28)/b25-14-. The van der Waals surface area contributed by atoms with E-state index in [0.29, 0.717) is 28.2 Å². The summed E-state index contributed by atoms with van der Waals surface area (Å²) in [5.41, 5.74) is 5.39. The summed E-state index contributed by atoms with van der Waals surface area (Å²) in [7, 11) is 3.22. The number of halogens is 1. The molecule has 0 amide bonds. The maximum Gasteiger partial charge on any atom is 0.163 e. The van der Waals surface area contributed by atoms with Crippen LogP contribution in [0.4, 0.5) is 5.82 Å². The molecule has 0 aliphatic carbocycles. The van der Waals surface area contributed by atoms with Crippen LogP contribution in [0.2, 0.25) is 5.02 Å². The molecule has 0 aliphatic rings. The first-order valence-corrected chi connectivity index (χ1v) is 9.60. The first kappa shape index (κ1) is 19.7. The first-order chi connectivity index (χ1) is 14.7. The lowest BCUT2D eigenvalue weighted by atomic mass is 10.2. The van der Waals surface area contributed by atoms with Crippen LogP contribution in [0.5, 0.6) is 11.5 Å². The van der Waals surface area contributed by atoms with Crippen LogP contribution >= 0.6 is 11.6 Å². The third-order valence-electron chi connectivity index (χ3n) is 4.53. The van der Waals surface area contributed by atoms with Crippen LogP contribution in [0, 0.1) is 0 Å². The summed E-state index contributed by atoms with van der Waals surface area (Å²) in [6.45, 7) is 0. The molecule has 1 heterocycles. The fraction of sp³-hybridized carbons (Fsp3) is 0.0870. The monoisotopic (exact) mass is 418 g/mol. The average molecular weight is 419 g/mol. The highest BCUT2D eigenvalue weighted by molar-refractivity contribution is 6.33. The lowest BCUT2D eigenvalue weighted by Gasteiger charge is -2.10.